The van der Waals surface area contributed by atoms with Crippen molar-refractivity contribution < 1.29 is 14.3 Å². The molecule has 0 saturated carbocycles. The van der Waals surface area contributed by atoms with Gasteiger partial charge in [0.05, 0.1) is 16.7 Å². The summed E-state index contributed by atoms with van der Waals surface area (Å²) in [4.78, 5) is 13.9. The number of nitrogens with zero attached hydrogens (tertiary/aromatic N) is 1. The van der Waals surface area contributed by atoms with Crippen molar-refractivity contribution in [2.45, 2.75) is 25.9 Å². The molecule has 2 unspecified atom stereocenters. The standard InChI is InChI=1S/C14H17ClFNO2/c1-9(18)10-4-3-7-17(8-10)14(19)13-11(15)5-2-6-12(13)16/h2,5-6,9-10,18H,3-4,7-8H2,1H3. The molecule has 19 heavy (non-hydrogen) atoms. The molecule has 1 amide bonds. The van der Waals surface area contributed by atoms with Crippen LogP contribution in [0.4, 0.5) is 4.39 Å². The molecule has 1 saturated heterocycles. The maximum atomic E-state index is 13.7. The van der Waals surface area contributed by atoms with Gasteiger partial charge in [-0.05, 0) is 31.9 Å². The second-order valence-corrected chi connectivity index (χ2v) is 5.40. The lowest BCUT2D eigenvalue weighted by molar-refractivity contribution is 0.0463. The Hall–Kier alpha value is -1.13. The quantitative estimate of drug-likeness (QED) is 0.908. The van der Waals surface area contributed by atoms with Gasteiger partial charge in [0.1, 0.15) is 5.82 Å². The molecule has 1 aromatic rings. The summed E-state index contributed by atoms with van der Waals surface area (Å²) in [5.74, 6) is -0.951. The molecule has 1 aliphatic heterocycles. The van der Waals surface area contributed by atoms with Crippen LogP contribution in [-0.2, 0) is 0 Å². The van der Waals surface area contributed by atoms with Crippen LogP contribution in [0.1, 0.15) is 30.1 Å². The van der Waals surface area contributed by atoms with Gasteiger partial charge in [-0.25, -0.2) is 4.39 Å². The van der Waals surface area contributed by atoms with Crippen molar-refractivity contribution in [1.82, 2.24) is 4.90 Å². The molecule has 1 N–H and O–H groups in total. The summed E-state index contributed by atoms with van der Waals surface area (Å²) >= 11 is 5.91. The van der Waals surface area contributed by atoms with Gasteiger partial charge in [0.25, 0.3) is 5.91 Å². The van der Waals surface area contributed by atoms with E-state index in [1.165, 1.54) is 18.2 Å². The Labute approximate surface area is 117 Å². The number of hydrogen-bond donors (Lipinski definition) is 1. The number of carbonyl (C=O) groups excluding carboxylic acids is 1. The number of aliphatic hydroxyl groups is 1. The molecule has 0 radical (unpaired) electrons. The second-order valence-electron chi connectivity index (χ2n) is 4.99. The minimum absolute atomic E-state index is 0.0447. The second kappa shape index (κ2) is 5.88. The molecular formula is C14H17ClFNO2. The van der Waals surface area contributed by atoms with Gasteiger partial charge in [-0.2, -0.15) is 0 Å². The van der Waals surface area contributed by atoms with E-state index in [2.05, 4.69) is 0 Å². The molecule has 5 heteroatoms. The fraction of sp³-hybridized carbons (Fsp3) is 0.500. The highest BCUT2D eigenvalue weighted by Crippen LogP contribution is 2.25. The zero-order valence-corrected chi connectivity index (χ0v) is 11.5. The normalized spacial score (nSPS) is 21.3. The van der Waals surface area contributed by atoms with Crippen molar-refractivity contribution >= 4 is 17.5 Å². The molecule has 104 valence electrons. The highest BCUT2D eigenvalue weighted by atomic mass is 35.5. The summed E-state index contributed by atoms with van der Waals surface area (Å²) in [6, 6.07) is 4.21. The monoisotopic (exact) mass is 285 g/mol. The molecule has 0 bridgehead atoms. The van der Waals surface area contributed by atoms with E-state index in [9.17, 15) is 14.3 Å². The smallest absolute Gasteiger partial charge is 0.258 e. The first-order valence-electron chi connectivity index (χ1n) is 6.42. The highest BCUT2D eigenvalue weighted by Gasteiger charge is 2.29. The summed E-state index contributed by atoms with van der Waals surface area (Å²) in [6.45, 7) is 2.74. The summed E-state index contributed by atoms with van der Waals surface area (Å²) in [5.41, 5.74) is -0.0737. The van der Waals surface area contributed by atoms with E-state index >= 15 is 0 Å². The summed E-state index contributed by atoms with van der Waals surface area (Å²) < 4.78 is 13.7. The van der Waals surface area contributed by atoms with Gasteiger partial charge in [0.15, 0.2) is 0 Å². The van der Waals surface area contributed by atoms with Crippen LogP contribution < -0.4 is 0 Å². The number of carbonyl (C=O) groups is 1. The average Bonchev–Trinajstić information content (AvgIpc) is 2.38. The van der Waals surface area contributed by atoms with Crippen molar-refractivity contribution in [3.05, 3.63) is 34.6 Å². The van der Waals surface area contributed by atoms with E-state index in [1.54, 1.807) is 11.8 Å². The zero-order chi connectivity index (χ0) is 14.0. The van der Waals surface area contributed by atoms with Crippen LogP contribution in [0.2, 0.25) is 5.02 Å². The number of aliphatic hydroxyl groups excluding tert-OH is 1. The van der Waals surface area contributed by atoms with Gasteiger partial charge in [0.2, 0.25) is 0 Å². The van der Waals surface area contributed by atoms with Gasteiger partial charge < -0.3 is 10.0 Å². The van der Waals surface area contributed by atoms with Gasteiger partial charge >= 0.3 is 0 Å². The van der Waals surface area contributed by atoms with Crippen LogP contribution in [0.5, 0.6) is 0 Å². The molecule has 1 aromatic carbocycles. The largest absolute Gasteiger partial charge is 0.393 e. The fourth-order valence-corrected chi connectivity index (χ4v) is 2.69. The van der Waals surface area contributed by atoms with Crippen molar-refractivity contribution in [2.24, 2.45) is 5.92 Å². The number of amides is 1. The lowest BCUT2D eigenvalue weighted by Crippen LogP contribution is -2.43. The van der Waals surface area contributed by atoms with E-state index in [4.69, 9.17) is 11.6 Å². The number of halogens is 2. The average molecular weight is 286 g/mol. The van der Waals surface area contributed by atoms with Crippen molar-refractivity contribution in [3.63, 3.8) is 0 Å². The van der Waals surface area contributed by atoms with Crippen LogP contribution in [0.25, 0.3) is 0 Å². The molecule has 2 atom stereocenters. The maximum Gasteiger partial charge on any atom is 0.258 e. The SMILES string of the molecule is CC(O)C1CCCN(C(=O)c2c(F)cccc2Cl)C1. The Kier molecular flexibility index (Phi) is 4.42. The van der Waals surface area contributed by atoms with Crippen molar-refractivity contribution in [2.75, 3.05) is 13.1 Å². The van der Waals surface area contributed by atoms with Crippen LogP contribution in [0, 0.1) is 11.7 Å². The van der Waals surface area contributed by atoms with E-state index in [0.717, 1.165) is 12.8 Å². The fourth-order valence-electron chi connectivity index (χ4n) is 2.45. The van der Waals surface area contributed by atoms with E-state index < -0.39 is 17.8 Å². The van der Waals surface area contributed by atoms with Crippen molar-refractivity contribution in [1.29, 1.82) is 0 Å². The van der Waals surface area contributed by atoms with Gasteiger partial charge in [-0.1, -0.05) is 17.7 Å². The first kappa shape index (κ1) is 14.3. The number of likely N-dealkylation sites (tertiary alicyclic amines) is 1. The summed E-state index contributed by atoms with van der Waals surface area (Å²) in [5, 5.41) is 9.75. The van der Waals surface area contributed by atoms with E-state index in [1.807, 2.05) is 0 Å². The molecule has 0 spiro atoms. The number of hydrogen-bond acceptors (Lipinski definition) is 2. The minimum atomic E-state index is -0.600. The number of piperidine rings is 1. The lowest BCUT2D eigenvalue weighted by Gasteiger charge is -2.34. The van der Waals surface area contributed by atoms with Gasteiger partial charge in [0, 0.05) is 19.0 Å². The minimum Gasteiger partial charge on any atom is -0.393 e. The third-order valence-corrected chi connectivity index (χ3v) is 3.92. The molecular weight excluding hydrogens is 269 g/mol. The van der Waals surface area contributed by atoms with Crippen molar-refractivity contribution in [3.8, 4) is 0 Å². The van der Waals surface area contributed by atoms with Crippen LogP contribution >= 0.6 is 11.6 Å². The maximum absolute atomic E-state index is 13.7. The Bertz CT molecular complexity index is 458. The zero-order valence-electron chi connectivity index (χ0n) is 10.8. The Morgan fingerprint density at radius 3 is 2.95 bits per heavy atom. The third-order valence-electron chi connectivity index (χ3n) is 3.60. The van der Waals surface area contributed by atoms with E-state index in [-0.39, 0.29) is 16.5 Å². The molecule has 1 heterocycles. The third kappa shape index (κ3) is 3.07. The Morgan fingerprint density at radius 1 is 1.58 bits per heavy atom. The number of rotatable bonds is 2. The molecule has 1 fully saturated rings. The Balaban J connectivity index is 2.20. The van der Waals surface area contributed by atoms with Crippen LogP contribution in [0.3, 0.4) is 0 Å². The topological polar surface area (TPSA) is 40.5 Å². The molecule has 1 aliphatic rings. The predicted octanol–water partition coefficient (Wildman–Crippen LogP) is 2.71. The van der Waals surface area contributed by atoms with Crippen LogP contribution in [-0.4, -0.2) is 35.1 Å². The molecule has 2 rings (SSSR count). The first-order chi connectivity index (χ1) is 9.00. The van der Waals surface area contributed by atoms with Gasteiger partial charge in [-0.15, -0.1) is 0 Å². The highest BCUT2D eigenvalue weighted by molar-refractivity contribution is 6.33. The number of benzene rings is 1. The summed E-state index contributed by atoms with van der Waals surface area (Å²) in [7, 11) is 0. The molecule has 0 aromatic heterocycles. The first-order valence-corrected chi connectivity index (χ1v) is 6.80. The van der Waals surface area contributed by atoms with Gasteiger partial charge in [-0.3, -0.25) is 4.79 Å². The van der Waals surface area contributed by atoms with E-state index in [0.29, 0.717) is 13.1 Å². The van der Waals surface area contributed by atoms with Crippen LogP contribution in [0.15, 0.2) is 18.2 Å². The Morgan fingerprint density at radius 2 is 2.32 bits per heavy atom. The summed E-state index contributed by atoms with van der Waals surface area (Å²) in [6.07, 6.45) is 1.23. The lowest BCUT2D eigenvalue weighted by atomic mass is 9.93. The molecule has 3 nitrogen and oxygen atoms in total. The molecule has 0 aliphatic carbocycles. The predicted molar refractivity (Wildman–Crippen MR) is 71.7 cm³/mol.